The molecule has 3 aromatic rings. The van der Waals surface area contributed by atoms with Gasteiger partial charge in [-0.3, -0.25) is 23.7 Å². The molecule has 0 bridgehead atoms. The smallest absolute Gasteiger partial charge is 0.347 e. The molecule has 4 rings (SSSR count). The lowest BCUT2D eigenvalue weighted by molar-refractivity contribution is -0.139. The fraction of sp³-hybridized carbons (Fsp3) is 0.200. The van der Waals surface area contributed by atoms with Gasteiger partial charge in [0.1, 0.15) is 12.4 Å². The van der Waals surface area contributed by atoms with E-state index in [1.807, 2.05) is 0 Å². The summed E-state index contributed by atoms with van der Waals surface area (Å²) < 4.78 is 53.7. The second-order valence-corrected chi connectivity index (χ2v) is 8.91. The van der Waals surface area contributed by atoms with Crippen molar-refractivity contribution in [3.05, 3.63) is 88.1 Å². The van der Waals surface area contributed by atoms with Crippen LogP contribution < -0.4 is 21.5 Å². The highest BCUT2D eigenvalue weighted by Gasteiger charge is 2.63. The summed E-state index contributed by atoms with van der Waals surface area (Å²) in [6.07, 6.45) is -3.28. The number of rotatable bonds is 7. The van der Waals surface area contributed by atoms with Crippen LogP contribution in [-0.2, 0) is 14.4 Å². The number of hydrogen-bond acceptors (Lipinski definition) is 4. The van der Waals surface area contributed by atoms with Gasteiger partial charge in [-0.25, -0.2) is 4.39 Å². The van der Waals surface area contributed by atoms with Gasteiger partial charge in [0, 0.05) is 29.0 Å². The Morgan fingerprint density at radius 3 is 2.11 bits per heavy atom. The summed E-state index contributed by atoms with van der Waals surface area (Å²) in [6, 6.07) is 13.8. The van der Waals surface area contributed by atoms with Crippen molar-refractivity contribution in [2.45, 2.75) is 6.18 Å². The zero-order valence-electron chi connectivity index (χ0n) is 19.3. The average molecular weight is 551 g/mol. The molecule has 198 valence electrons. The lowest BCUT2D eigenvalue weighted by Crippen LogP contribution is -2.36. The molecule has 3 amide bonds. The minimum absolute atomic E-state index is 0.183. The highest BCUT2D eigenvalue weighted by Crippen LogP contribution is 2.48. The minimum atomic E-state index is -4.70. The van der Waals surface area contributed by atoms with Crippen LogP contribution in [0.15, 0.2) is 71.7 Å². The minimum Gasteiger partial charge on any atom is -0.347 e. The largest absolute Gasteiger partial charge is 0.405 e. The molecule has 0 unspecified atom stereocenters. The number of aromatic nitrogens is 1. The molecule has 0 aliphatic heterocycles. The van der Waals surface area contributed by atoms with Crippen molar-refractivity contribution in [3.8, 4) is 5.69 Å². The molecular formula is C25H19ClF4N4O4. The Balaban J connectivity index is 1.52. The van der Waals surface area contributed by atoms with Crippen LogP contribution in [0.4, 0.5) is 28.9 Å². The zero-order valence-corrected chi connectivity index (χ0v) is 20.0. The molecule has 3 atom stereocenters. The van der Waals surface area contributed by atoms with Gasteiger partial charge < -0.3 is 16.0 Å². The molecule has 1 aliphatic rings. The molecule has 3 N–H and O–H groups in total. The van der Waals surface area contributed by atoms with Crippen LogP contribution in [0.3, 0.4) is 0 Å². The summed E-state index contributed by atoms with van der Waals surface area (Å²) in [7, 11) is 0. The van der Waals surface area contributed by atoms with Gasteiger partial charge in [-0.1, -0.05) is 17.7 Å². The molecule has 8 nitrogen and oxygen atoms in total. The van der Waals surface area contributed by atoms with Gasteiger partial charge in [-0.15, -0.1) is 0 Å². The number of alkyl halides is 3. The van der Waals surface area contributed by atoms with E-state index in [9.17, 15) is 36.7 Å². The number of carbonyl (C=O) groups is 3. The fourth-order valence-corrected chi connectivity index (χ4v) is 4.09. The number of nitrogens with one attached hydrogen (secondary N) is 3. The van der Waals surface area contributed by atoms with Crippen LogP contribution in [0.25, 0.3) is 5.69 Å². The number of nitrogens with zero attached hydrogens (tertiary/aromatic N) is 1. The van der Waals surface area contributed by atoms with Crippen molar-refractivity contribution in [1.82, 2.24) is 9.88 Å². The standard InChI is InChI=1S/C25H19ClF4N4O4/c26-13-4-6-14(7-5-13)32-23(37)20-19(22(36)31-12-25(28,29)30)21(20)24(38)33-17-9-8-15(11-16(17)27)34-10-2-1-3-18(34)35/h1-11,19-21H,12H2,(H,31,36)(H,32,37)(H,33,38)/t19-,20-,21+/m0/s1. The summed E-state index contributed by atoms with van der Waals surface area (Å²) in [5, 5.41) is 6.84. The molecule has 0 radical (unpaired) electrons. The molecule has 1 heterocycles. The van der Waals surface area contributed by atoms with Crippen LogP contribution in [0.5, 0.6) is 0 Å². The van der Waals surface area contributed by atoms with Gasteiger partial charge in [0.2, 0.25) is 17.7 Å². The first-order valence-corrected chi connectivity index (χ1v) is 11.5. The number of carbonyl (C=O) groups excluding carboxylic acids is 3. The van der Waals surface area contributed by atoms with E-state index in [-0.39, 0.29) is 17.1 Å². The normalized spacial score (nSPS) is 18.4. The number of anilines is 2. The SMILES string of the molecule is O=C(NCC(F)(F)F)[C@H]1[C@H](C(=O)Nc2ccc(Cl)cc2)[C@@H]1C(=O)Nc1ccc(-n2ccccc2=O)cc1F. The van der Waals surface area contributed by atoms with Gasteiger partial charge in [0.05, 0.1) is 29.1 Å². The van der Waals surface area contributed by atoms with E-state index in [0.717, 1.165) is 6.07 Å². The summed E-state index contributed by atoms with van der Waals surface area (Å²) in [6.45, 7) is -1.64. The Morgan fingerprint density at radius 2 is 1.50 bits per heavy atom. The predicted molar refractivity (Wildman–Crippen MR) is 130 cm³/mol. The summed E-state index contributed by atoms with van der Waals surface area (Å²) in [4.78, 5) is 50.2. The van der Waals surface area contributed by atoms with Crippen molar-refractivity contribution >= 4 is 40.7 Å². The van der Waals surface area contributed by atoms with Crippen LogP contribution in [-0.4, -0.2) is 35.0 Å². The molecule has 1 fully saturated rings. The topological polar surface area (TPSA) is 109 Å². The van der Waals surface area contributed by atoms with Crippen molar-refractivity contribution in [2.75, 3.05) is 17.2 Å². The van der Waals surface area contributed by atoms with Gasteiger partial charge in [-0.05, 0) is 42.5 Å². The Labute approximate surface area is 217 Å². The van der Waals surface area contributed by atoms with E-state index in [4.69, 9.17) is 11.6 Å². The third-order valence-electron chi connectivity index (χ3n) is 5.81. The Morgan fingerprint density at radius 1 is 0.868 bits per heavy atom. The molecule has 1 aromatic heterocycles. The third kappa shape index (κ3) is 6.20. The molecule has 38 heavy (non-hydrogen) atoms. The van der Waals surface area contributed by atoms with Crippen LogP contribution in [0, 0.1) is 23.6 Å². The molecule has 1 aliphatic carbocycles. The fourth-order valence-electron chi connectivity index (χ4n) is 3.97. The van der Waals surface area contributed by atoms with Crippen molar-refractivity contribution in [2.24, 2.45) is 17.8 Å². The average Bonchev–Trinajstić information content (AvgIpc) is 3.61. The van der Waals surface area contributed by atoms with E-state index < -0.39 is 59.6 Å². The maximum atomic E-state index is 14.8. The molecule has 13 heteroatoms. The zero-order chi connectivity index (χ0) is 27.6. The first kappa shape index (κ1) is 26.9. The molecule has 1 saturated carbocycles. The van der Waals surface area contributed by atoms with Crippen molar-refractivity contribution in [1.29, 1.82) is 0 Å². The van der Waals surface area contributed by atoms with Gasteiger partial charge in [0.15, 0.2) is 0 Å². The number of hydrogen-bond donors (Lipinski definition) is 3. The van der Waals surface area contributed by atoms with Gasteiger partial charge in [0.25, 0.3) is 5.56 Å². The van der Waals surface area contributed by atoms with Crippen molar-refractivity contribution < 1.29 is 31.9 Å². The quantitative estimate of drug-likeness (QED) is 0.389. The Bertz CT molecular complexity index is 1440. The van der Waals surface area contributed by atoms with Crippen LogP contribution in [0.1, 0.15) is 0 Å². The van der Waals surface area contributed by atoms with E-state index in [2.05, 4.69) is 10.6 Å². The summed E-state index contributed by atoms with van der Waals surface area (Å²) in [5.41, 5.74) is -0.246. The maximum absolute atomic E-state index is 14.8. The van der Waals surface area contributed by atoms with E-state index in [1.165, 1.54) is 59.3 Å². The maximum Gasteiger partial charge on any atom is 0.405 e. The second-order valence-electron chi connectivity index (χ2n) is 8.47. The first-order valence-electron chi connectivity index (χ1n) is 11.1. The number of pyridine rings is 1. The Kier molecular flexibility index (Phi) is 7.53. The van der Waals surface area contributed by atoms with E-state index >= 15 is 0 Å². The number of halogens is 5. The van der Waals surface area contributed by atoms with Gasteiger partial charge in [-0.2, -0.15) is 13.2 Å². The van der Waals surface area contributed by atoms with Gasteiger partial charge >= 0.3 is 6.18 Å². The van der Waals surface area contributed by atoms with Crippen LogP contribution in [0.2, 0.25) is 5.02 Å². The van der Waals surface area contributed by atoms with E-state index in [0.29, 0.717) is 5.02 Å². The highest BCUT2D eigenvalue weighted by atomic mass is 35.5. The van der Waals surface area contributed by atoms with Crippen LogP contribution >= 0.6 is 11.6 Å². The summed E-state index contributed by atoms with van der Waals surface area (Å²) in [5.74, 6) is -7.83. The first-order chi connectivity index (χ1) is 17.9. The third-order valence-corrected chi connectivity index (χ3v) is 6.07. The Hall–Kier alpha value is -4.19. The summed E-state index contributed by atoms with van der Waals surface area (Å²) >= 11 is 5.81. The number of amides is 3. The van der Waals surface area contributed by atoms with E-state index in [1.54, 1.807) is 11.4 Å². The lowest BCUT2D eigenvalue weighted by Gasteiger charge is -2.10. The molecule has 0 saturated heterocycles. The molecular weight excluding hydrogens is 532 g/mol. The molecule has 2 aromatic carbocycles. The molecule has 0 spiro atoms. The van der Waals surface area contributed by atoms with Crippen molar-refractivity contribution in [3.63, 3.8) is 0 Å². The number of benzene rings is 2. The highest BCUT2D eigenvalue weighted by molar-refractivity contribution is 6.30. The second kappa shape index (κ2) is 10.7. The predicted octanol–water partition coefficient (Wildman–Crippen LogP) is 3.75. The lowest BCUT2D eigenvalue weighted by atomic mass is 10.2. The monoisotopic (exact) mass is 550 g/mol.